The average molecular weight is 339 g/mol. The van der Waals surface area contributed by atoms with Gasteiger partial charge in [-0.05, 0) is 36.6 Å². The first-order valence-corrected chi connectivity index (χ1v) is 8.78. The Balaban J connectivity index is 0.00000139. The molecule has 0 saturated carbocycles. The molecule has 0 fully saturated rings. The summed E-state index contributed by atoms with van der Waals surface area (Å²) in [6.07, 6.45) is 7.99. The molecule has 0 aromatic heterocycles. The molecular formula is C23H27Cl. The Bertz CT molecular complexity index is 695. The fraction of sp³-hybridized carbons (Fsp3) is 0.217. The Labute approximate surface area is 152 Å². The van der Waals surface area contributed by atoms with Crippen LogP contribution in [0.1, 0.15) is 38.8 Å². The van der Waals surface area contributed by atoms with E-state index in [-0.39, 0.29) is 5.41 Å². The third-order valence-corrected chi connectivity index (χ3v) is 4.39. The van der Waals surface area contributed by atoms with Crippen LogP contribution in [-0.4, -0.2) is 0 Å². The van der Waals surface area contributed by atoms with Gasteiger partial charge in [0.2, 0.25) is 0 Å². The van der Waals surface area contributed by atoms with Crippen molar-refractivity contribution in [3.05, 3.63) is 107 Å². The second kappa shape index (κ2) is 9.95. The van der Waals surface area contributed by atoms with E-state index in [9.17, 15) is 0 Å². The summed E-state index contributed by atoms with van der Waals surface area (Å²) in [6.45, 7) is 12.0. The summed E-state index contributed by atoms with van der Waals surface area (Å²) in [5, 5.41) is 0.778. The molecule has 2 rings (SSSR count). The van der Waals surface area contributed by atoms with E-state index in [2.05, 4.69) is 62.9 Å². The van der Waals surface area contributed by atoms with Gasteiger partial charge in [-0.25, -0.2) is 0 Å². The monoisotopic (exact) mass is 338 g/mol. The quantitative estimate of drug-likeness (QED) is 0.499. The molecule has 126 valence electrons. The van der Waals surface area contributed by atoms with E-state index in [0.29, 0.717) is 0 Å². The molecule has 0 N–H and O–H groups in total. The van der Waals surface area contributed by atoms with Crippen LogP contribution in [0, 0.1) is 0 Å². The second-order valence-corrected chi connectivity index (χ2v) is 5.72. The average Bonchev–Trinajstić information content (AvgIpc) is 2.65. The van der Waals surface area contributed by atoms with Crippen molar-refractivity contribution in [3.63, 3.8) is 0 Å². The van der Waals surface area contributed by atoms with Gasteiger partial charge in [0.05, 0.1) is 0 Å². The van der Waals surface area contributed by atoms with Crippen molar-refractivity contribution in [3.8, 4) is 0 Å². The highest BCUT2D eigenvalue weighted by molar-refractivity contribution is 6.31. The minimum atomic E-state index is -0.312. The summed E-state index contributed by atoms with van der Waals surface area (Å²) in [5.74, 6) is 0. The predicted octanol–water partition coefficient (Wildman–Crippen LogP) is 7.36. The summed E-state index contributed by atoms with van der Waals surface area (Å²) in [6, 6.07) is 18.5. The lowest BCUT2D eigenvalue weighted by Crippen LogP contribution is -2.26. The molecule has 1 heteroatoms. The van der Waals surface area contributed by atoms with Crippen LogP contribution in [-0.2, 0) is 5.41 Å². The number of rotatable bonds is 5. The van der Waals surface area contributed by atoms with E-state index in [1.54, 1.807) is 6.08 Å². The van der Waals surface area contributed by atoms with Crippen molar-refractivity contribution in [2.75, 3.05) is 0 Å². The van der Waals surface area contributed by atoms with Gasteiger partial charge in [0.15, 0.2) is 0 Å². The van der Waals surface area contributed by atoms with Crippen LogP contribution in [0.5, 0.6) is 0 Å². The van der Waals surface area contributed by atoms with Gasteiger partial charge in [0.1, 0.15) is 0 Å². The van der Waals surface area contributed by atoms with E-state index in [4.69, 9.17) is 11.6 Å². The first-order chi connectivity index (χ1) is 11.6. The second-order valence-electron chi connectivity index (χ2n) is 5.31. The van der Waals surface area contributed by atoms with Crippen molar-refractivity contribution < 1.29 is 0 Å². The van der Waals surface area contributed by atoms with Gasteiger partial charge in [-0.15, -0.1) is 0 Å². The number of benzene rings is 2. The lowest BCUT2D eigenvalue weighted by atomic mass is 9.70. The number of hydrogen-bond acceptors (Lipinski definition) is 0. The van der Waals surface area contributed by atoms with Gasteiger partial charge in [0, 0.05) is 10.4 Å². The summed E-state index contributed by atoms with van der Waals surface area (Å²) < 4.78 is 0. The topological polar surface area (TPSA) is 0 Å². The van der Waals surface area contributed by atoms with Crippen molar-refractivity contribution in [1.29, 1.82) is 0 Å². The van der Waals surface area contributed by atoms with Crippen LogP contribution >= 0.6 is 11.6 Å². The van der Waals surface area contributed by atoms with Crippen molar-refractivity contribution in [1.82, 2.24) is 0 Å². The third-order valence-electron chi connectivity index (χ3n) is 4.06. The predicted molar refractivity (Wildman–Crippen MR) is 109 cm³/mol. The van der Waals surface area contributed by atoms with E-state index in [1.165, 1.54) is 11.1 Å². The van der Waals surface area contributed by atoms with Crippen molar-refractivity contribution in [2.45, 2.75) is 33.1 Å². The molecular weight excluding hydrogens is 312 g/mol. The lowest BCUT2D eigenvalue weighted by Gasteiger charge is -2.33. The van der Waals surface area contributed by atoms with Crippen molar-refractivity contribution >= 4 is 11.6 Å². The van der Waals surface area contributed by atoms with Gasteiger partial charge < -0.3 is 0 Å². The minimum Gasteiger partial charge on any atom is -0.0991 e. The largest absolute Gasteiger partial charge is 0.0991 e. The molecule has 0 aliphatic rings. The molecule has 1 atom stereocenters. The van der Waals surface area contributed by atoms with Gasteiger partial charge in [-0.3, -0.25) is 0 Å². The standard InChI is InChI=1S/C21H21Cl.C2H6/c1-4-6-12-17(5-2)21(3,18-13-8-7-9-14-18)19-15-10-11-16-20(19)22;1-2/h4-16H,1H2,2-3H3;1-2H3/b12-6-,17-5+;. The summed E-state index contributed by atoms with van der Waals surface area (Å²) >= 11 is 6.52. The van der Waals surface area contributed by atoms with Crippen LogP contribution in [0.15, 0.2) is 91.1 Å². The van der Waals surface area contributed by atoms with Crippen LogP contribution in [0.25, 0.3) is 0 Å². The highest BCUT2D eigenvalue weighted by Crippen LogP contribution is 2.42. The normalized spacial score (nSPS) is 13.8. The summed E-state index contributed by atoms with van der Waals surface area (Å²) in [5.41, 5.74) is 3.19. The molecule has 0 spiro atoms. The smallest absolute Gasteiger partial charge is 0.0450 e. The first-order valence-electron chi connectivity index (χ1n) is 8.41. The van der Waals surface area contributed by atoms with E-state index in [1.807, 2.05) is 44.2 Å². The number of halogens is 1. The highest BCUT2D eigenvalue weighted by Gasteiger charge is 2.33. The molecule has 0 heterocycles. The maximum absolute atomic E-state index is 6.52. The first kappa shape index (κ1) is 20.0. The molecule has 2 aromatic rings. The molecule has 0 amide bonds. The fourth-order valence-electron chi connectivity index (χ4n) is 2.84. The minimum absolute atomic E-state index is 0.312. The van der Waals surface area contributed by atoms with Crippen LogP contribution in [0.2, 0.25) is 5.02 Å². The summed E-state index contributed by atoms with van der Waals surface area (Å²) in [4.78, 5) is 0. The molecule has 24 heavy (non-hydrogen) atoms. The molecule has 1 unspecified atom stereocenters. The maximum Gasteiger partial charge on any atom is 0.0450 e. The molecule has 0 radical (unpaired) electrons. The van der Waals surface area contributed by atoms with E-state index >= 15 is 0 Å². The molecule has 0 aliphatic carbocycles. The molecule has 0 saturated heterocycles. The molecule has 0 bridgehead atoms. The van der Waals surface area contributed by atoms with Gasteiger partial charge >= 0.3 is 0 Å². The molecule has 0 nitrogen and oxygen atoms in total. The Morgan fingerprint density at radius 2 is 1.58 bits per heavy atom. The molecule has 0 aliphatic heterocycles. The number of hydrogen-bond donors (Lipinski definition) is 0. The van der Waals surface area contributed by atoms with Crippen LogP contribution in [0.4, 0.5) is 0 Å². The Morgan fingerprint density at radius 1 is 1.00 bits per heavy atom. The Hall–Kier alpha value is -2.05. The summed E-state index contributed by atoms with van der Waals surface area (Å²) in [7, 11) is 0. The molecule has 2 aromatic carbocycles. The third kappa shape index (κ3) is 4.27. The van der Waals surface area contributed by atoms with E-state index in [0.717, 1.165) is 10.6 Å². The SMILES string of the molecule is C=C/C=C\C(=C/C)C(C)(c1ccccc1)c1ccccc1Cl.CC. The van der Waals surface area contributed by atoms with Crippen LogP contribution in [0.3, 0.4) is 0 Å². The Morgan fingerprint density at radius 3 is 2.12 bits per heavy atom. The van der Waals surface area contributed by atoms with Gasteiger partial charge in [-0.1, -0.05) is 105 Å². The van der Waals surface area contributed by atoms with E-state index < -0.39 is 0 Å². The fourth-order valence-corrected chi connectivity index (χ4v) is 3.16. The Kier molecular flexibility index (Phi) is 8.29. The highest BCUT2D eigenvalue weighted by atomic mass is 35.5. The van der Waals surface area contributed by atoms with Gasteiger partial charge in [-0.2, -0.15) is 0 Å². The zero-order chi connectivity index (χ0) is 18.0. The zero-order valence-corrected chi connectivity index (χ0v) is 15.8. The van der Waals surface area contributed by atoms with Crippen molar-refractivity contribution in [2.24, 2.45) is 0 Å². The van der Waals surface area contributed by atoms with Gasteiger partial charge in [0.25, 0.3) is 0 Å². The zero-order valence-electron chi connectivity index (χ0n) is 15.1. The van der Waals surface area contributed by atoms with Crippen LogP contribution < -0.4 is 0 Å². The number of allylic oxidation sites excluding steroid dienone is 5. The lowest BCUT2D eigenvalue weighted by molar-refractivity contribution is 0.690. The maximum atomic E-state index is 6.52.